The molecule has 0 bridgehead atoms. The van der Waals surface area contributed by atoms with Gasteiger partial charge in [0.1, 0.15) is 17.3 Å². The summed E-state index contributed by atoms with van der Waals surface area (Å²) in [5, 5.41) is 6.97. The SMILES string of the molecule is Cc1c(C(=O)NCC(C)(C)c2ccccc2F)cnn1-c1ccccc1F. The fraction of sp³-hybridized carbons (Fsp3) is 0.238. The summed E-state index contributed by atoms with van der Waals surface area (Å²) in [6.07, 6.45) is 1.41. The number of nitrogens with zero attached hydrogens (tertiary/aromatic N) is 2. The van der Waals surface area contributed by atoms with E-state index in [4.69, 9.17) is 0 Å². The number of carbonyl (C=O) groups excluding carboxylic acids is 1. The van der Waals surface area contributed by atoms with Gasteiger partial charge >= 0.3 is 0 Å². The van der Waals surface area contributed by atoms with Gasteiger partial charge < -0.3 is 5.32 Å². The zero-order valence-corrected chi connectivity index (χ0v) is 15.5. The van der Waals surface area contributed by atoms with Crippen LogP contribution in [0.4, 0.5) is 8.78 Å². The molecule has 0 radical (unpaired) electrons. The minimum Gasteiger partial charge on any atom is -0.351 e. The summed E-state index contributed by atoms with van der Waals surface area (Å²) in [4.78, 5) is 12.6. The Morgan fingerprint density at radius 3 is 2.37 bits per heavy atom. The van der Waals surface area contributed by atoms with Crippen LogP contribution in [-0.4, -0.2) is 22.2 Å². The lowest BCUT2D eigenvalue weighted by Gasteiger charge is -2.26. The first-order valence-corrected chi connectivity index (χ1v) is 8.64. The van der Waals surface area contributed by atoms with E-state index < -0.39 is 11.2 Å². The second-order valence-electron chi connectivity index (χ2n) is 7.05. The third-order valence-electron chi connectivity index (χ3n) is 4.63. The van der Waals surface area contributed by atoms with E-state index in [9.17, 15) is 13.6 Å². The normalized spacial score (nSPS) is 11.4. The molecule has 140 valence electrons. The van der Waals surface area contributed by atoms with E-state index in [0.29, 0.717) is 16.8 Å². The van der Waals surface area contributed by atoms with Crippen LogP contribution >= 0.6 is 0 Å². The largest absolute Gasteiger partial charge is 0.351 e. The molecular weight excluding hydrogens is 348 g/mol. The zero-order valence-electron chi connectivity index (χ0n) is 15.5. The molecule has 0 spiro atoms. The molecule has 4 nitrogen and oxygen atoms in total. The summed E-state index contributed by atoms with van der Waals surface area (Å²) < 4.78 is 29.5. The van der Waals surface area contributed by atoms with Gasteiger partial charge in [0, 0.05) is 12.0 Å². The average Bonchev–Trinajstić information content (AvgIpc) is 3.02. The van der Waals surface area contributed by atoms with E-state index >= 15 is 0 Å². The van der Waals surface area contributed by atoms with Gasteiger partial charge in [0.15, 0.2) is 0 Å². The molecule has 27 heavy (non-hydrogen) atoms. The fourth-order valence-electron chi connectivity index (χ4n) is 3.00. The van der Waals surface area contributed by atoms with Crippen LogP contribution in [0.15, 0.2) is 54.7 Å². The van der Waals surface area contributed by atoms with Crippen LogP contribution in [0.2, 0.25) is 0 Å². The highest BCUT2D eigenvalue weighted by molar-refractivity contribution is 5.95. The molecule has 0 atom stereocenters. The van der Waals surface area contributed by atoms with Crippen molar-refractivity contribution in [2.75, 3.05) is 6.54 Å². The molecule has 0 aliphatic heterocycles. The molecule has 0 unspecified atom stereocenters. The summed E-state index contributed by atoms with van der Waals surface area (Å²) in [5.41, 5.74) is 1.10. The van der Waals surface area contributed by atoms with Gasteiger partial charge in [-0.15, -0.1) is 0 Å². The van der Waals surface area contributed by atoms with Crippen LogP contribution in [0, 0.1) is 18.6 Å². The van der Waals surface area contributed by atoms with Crippen LogP contribution in [0.25, 0.3) is 5.69 Å². The number of para-hydroxylation sites is 1. The van der Waals surface area contributed by atoms with Gasteiger partial charge in [-0.25, -0.2) is 13.5 Å². The molecular formula is C21H21F2N3O. The second kappa shape index (κ2) is 7.31. The number of aromatic nitrogens is 2. The molecule has 0 aliphatic rings. The summed E-state index contributed by atoms with van der Waals surface area (Å²) in [6.45, 7) is 5.68. The van der Waals surface area contributed by atoms with Crippen molar-refractivity contribution < 1.29 is 13.6 Å². The van der Waals surface area contributed by atoms with Crippen molar-refractivity contribution in [2.45, 2.75) is 26.2 Å². The van der Waals surface area contributed by atoms with Crippen molar-refractivity contribution in [3.8, 4) is 5.69 Å². The van der Waals surface area contributed by atoms with E-state index in [1.807, 2.05) is 13.8 Å². The predicted molar refractivity (Wildman–Crippen MR) is 100 cm³/mol. The number of nitrogens with one attached hydrogen (secondary N) is 1. The van der Waals surface area contributed by atoms with Crippen molar-refractivity contribution in [1.82, 2.24) is 15.1 Å². The topological polar surface area (TPSA) is 46.9 Å². The summed E-state index contributed by atoms with van der Waals surface area (Å²) in [6, 6.07) is 12.8. The molecule has 1 amide bonds. The van der Waals surface area contributed by atoms with Crippen LogP contribution in [0.1, 0.15) is 35.5 Å². The molecule has 0 saturated carbocycles. The van der Waals surface area contributed by atoms with Crippen LogP contribution < -0.4 is 5.32 Å². The lowest BCUT2D eigenvalue weighted by Crippen LogP contribution is -2.37. The smallest absolute Gasteiger partial charge is 0.254 e. The second-order valence-corrected chi connectivity index (χ2v) is 7.05. The lowest BCUT2D eigenvalue weighted by molar-refractivity contribution is 0.0944. The van der Waals surface area contributed by atoms with E-state index in [0.717, 1.165) is 0 Å². The summed E-state index contributed by atoms with van der Waals surface area (Å²) >= 11 is 0. The standard InChI is InChI=1S/C21H21F2N3O/c1-14-15(12-25-26(14)19-11-7-6-10-18(19)23)20(27)24-13-21(2,3)16-8-4-5-9-17(16)22/h4-12H,13H2,1-3H3,(H,24,27). The minimum absolute atomic E-state index is 0.247. The van der Waals surface area contributed by atoms with Crippen molar-refractivity contribution in [3.63, 3.8) is 0 Å². The molecule has 1 aromatic heterocycles. The van der Waals surface area contributed by atoms with E-state index in [-0.39, 0.29) is 24.0 Å². The van der Waals surface area contributed by atoms with E-state index in [1.165, 1.54) is 23.0 Å². The van der Waals surface area contributed by atoms with Crippen molar-refractivity contribution in [1.29, 1.82) is 0 Å². The number of hydrogen-bond donors (Lipinski definition) is 1. The quantitative estimate of drug-likeness (QED) is 0.734. The molecule has 1 heterocycles. The summed E-state index contributed by atoms with van der Waals surface area (Å²) in [5.74, 6) is -1.06. The van der Waals surface area contributed by atoms with Gasteiger partial charge in [-0.05, 0) is 30.7 Å². The number of carbonyl (C=O) groups is 1. The molecule has 0 aliphatic carbocycles. The molecule has 6 heteroatoms. The van der Waals surface area contributed by atoms with E-state index in [1.54, 1.807) is 43.3 Å². The molecule has 2 aromatic carbocycles. The van der Waals surface area contributed by atoms with Crippen LogP contribution in [-0.2, 0) is 5.41 Å². The number of hydrogen-bond acceptors (Lipinski definition) is 2. The Kier molecular flexibility index (Phi) is 5.08. The Balaban J connectivity index is 1.78. The monoisotopic (exact) mass is 369 g/mol. The van der Waals surface area contributed by atoms with Crippen molar-refractivity contribution >= 4 is 5.91 Å². The third-order valence-corrected chi connectivity index (χ3v) is 4.63. The molecule has 0 saturated heterocycles. The van der Waals surface area contributed by atoms with E-state index in [2.05, 4.69) is 10.4 Å². The molecule has 3 aromatic rings. The molecule has 3 rings (SSSR count). The van der Waals surface area contributed by atoms with Crippen molar-refractivity contribution in [3.05, 3.63) is 83.2 Å². The van der Waals surface area contributed by atoms with Crippen LogP contribution in [0.3, 0.4) is 0 Å². The first kappa shape index (κ1) is 18.8. The van der Waals surface area contributed by atoms with Crippen molar-refractivity contribution in [2.24, 2.45) is 0 Å². The van der Waals surface area contributed by atoms with Gasteiger partial charge in [0.2, 0.25) is 0 Å². The first-order chi connectivity index (χ1) is 12.8. The number of rotatable bonds is 5. The molecule has 1 N–H and O–H groups in total. The van der Waals surface area contributed by atoms with Gasteiger partial charge in [-0.3, -0.25) is 4.79 Å². The Bertz CT molecular complexity index is 979. The average molecular weight is 369 g/mol. The van der Waals surface area contributed by atoms with Gasteiger partial charge in [-0.2, -0.15) is 5.10 Å². The Morgan fingerprint density at radius 2 is 1.70 bits per heavy atom. The zero-order chi connectivity index (χ0) is 19.6. The fourth-order valence-corrected chi connectivity index (χ4v) is 3.00. The number of halogens is 2. The third kappa shape index (κ3) is 3.74. The maximum atomic E-state index is 14.1. The molecule has 0 fully saturated rings. The lowest BCUT2D eigenvalue weighted by atomic mass is 9.84. The minimum atomic E-state index is -0.587. The maximum Gasteiger partial charge on any atom is 0.254 e. The predicted octanol–water partition coefficient (Wildman–Crippen LogP) is 4.17. The number of benzene rings is 2. The van der Waals surface area contributed by atoms with Gasteiger partial charge in [0.05, 0.1) is 17.5 Å². The highest BCUT2D eigenvalue weighted by atomic mass is 19.1. The highest BCUT2D eigenvalue weighted by Gasteiger charge is 2.25. The van der Waals surface area contributed by atoms with Crippen LogP contribution in [0.5, 0.6) is 0 Å². The Labute approximate surface area is 156 Å². The van der Waals surface area contributed by atoms with Gasteiger partial charge in [-0.1, -0.05) is 44.2 Å². The van der Waals surface area contributed by atoms with Gasteiger partial charge in [0.25, 0.3) is 5.91 Å². The highest BCUT2D eigenvalue weighted by Crippen LogP contribution is 2.25. The maximum absolute atomic E-state index is 14.1. The first-order valence-electron chi connectivity index (χ1n) is 8.64. The number of amides is 1. The Hall–Kier alpha value is -3.02. The Morgan fingerprint density at radius 1 is 1.07 bits per heavy atom. The summed E-state index contributed by atoms with van der Waals surface area (Å²) in [7, 11) is 0.